The van der Waals surface area contributed by atoms with E-state index in [1.54, 1.807) is 24.3 Å². The molecule has 3 rings (SSSR count). The summed E-state index contributed by atoms with van der Waals surface area (Å²) in [5.74, 6) is 1.67. The lowest BCUT2D eigenvalue weighted by molar-refractivity contribution is 0.129. The quantitative estimate of drug-likeness (QED) is 0.329. The number of hydrogen-bond acceptors (Lipinski definition) is 4. The number of nitrogens with one attached hydrogen (secondary N) is 1. The summed E-state index contributed by atoms with van der Waals surface area (Å²) >= 11 is 0. The third-order valence-corrected chi connectivity index (χ3v) is 6.56. The summed E-state index contributed by atoms with van der Waals surface area (Å²) in [5.41, 5.74) is 0. The first-order valence-electron chi connectivity index (χ1n) is 10.1. The van der Waals surface area contributed by atoms with Gasteiger partial charge in [-0.25, -0.2) is 8.42 Å². The summed E-state index contributed by atoms with van der Waals surface area (Å²) in [6.45, 7) is 4.65. The zero-order chi connectivity index (χ0) is 20.5. The van der Waals surface area contributed by atoms with Gasteiger partial charge in [-0.1, -0.05) is 36.4 Å². The number of guanidine groups is 1. The molecule has 1 N–H and O–H groups in total. The second-order valence-electron chi connectivity index (χ2n) is 6.98. The van der Waals surface area contributed by atoms with Crippen LogP contribution in [0, 0.1) is 0 Å². The van der Waals surface area contributed by atoms with E-state index in [9.17, 15) is 8.42 Å². The van der Waals surface area contributed by atoms with E-state index in [4.69, 9.17) is 4.74 Å². The lowest BCUT2D eigenvalue weighted by Gasteiger charge is -2.34. The number of para-hydroxylation sites is 1. The fraction of sp³-hybridized carbons (Fsp3) is 0.409. The van der Waals surface area contributed by atoms with Crippen LogP contribution in [0.5, 0.6) is 5.75 Å². The standard InChI is InChI=1S/C22H29N3O3S.HI/c1-2-23-22(24-15-18-29(26,27)21-11-7-4-8-12-21)25-16-13-20(14-17-25)28-19-9-5-3-6-10-19;/h3-12,20H,2,13-18H2,1H3,(H,23,24);1H. The van der Waals surface area contributed by atoms with Gasteiger partial charge in [0, 0.05) is 32.5 Å². The monoisotopic (exact) mass is 543 g/mol. The Bertz CT molecular complexity index is 884. The molecular weight excluding hydrogens is 513 g/mol. The fourth-order valence-electron chi connectivity index (χ4n) is 3.32. The van der Waals surface area contributed by atoms with Crippen molar-refractivity contribution in [1.82, 2.24) is 10.2 Å². The van der Waals surface area contributed by atoms with Gasteiger partial charge in [-0.15, -0.1) is 24.0 Å². The minimum atomic E-state index is -3.32. The van der Waals surface area contributed by atoms with Gasteiger partial charge < -0.3 is 15.0 Å². The number of aliphatic imine (C=N–C) groups is 1. The average molecular weight is 543 g/mol. The van der Waals surface area contributed by atoms with Gasteiger partial charge in [0.25, 0.3) is 0 Å². The Hall–Kier alpha value is -1.81. The third kappa shape index (κ3) is 7.16. The van der Waals surface area contributed by atoms with Crippen molar-refractivity contribution < 1.29 is 13.2 Å². The maximum Gasteiger partial charge on any atom is 0.193 e. The highest BCUT2D eigenvalue weighted by Crippen LogP contribution is 2.18. The molecule has 8 heteroatoms. The first kappa shape index (κ1) is 24.5. The van der Waals surface area contributed by atoms with Crippen LogP contribution in [0.2, 0.25) is 0 Å². The zero-order valence-electron chi connectivity index (χ0n) is 17.2. The maximum absolute atomic E-state index is 12.4. The van der Waals surface area contributed by atoms with Gasteiger partial charge in [0.15, 0.2) is 15.8 Å². The summed E-state index contributed by atoms with van der Waals surface area (Å²) in [7, 11) is -3.32. The van der Waals surface area contributed by atoms with Crippen molar-refractivity contribution in [2.75, 3.05) is 31.9 Å². The molecule has 2 aromatic rings. The summed E-state index contributed by atoms with van der Waals surface area (Å²) < 4.78 is 30.9. The predicted molar refractivity (Wildman–Crippen MR) is 132 cm³/mol. The minimum absolute atomic E-state index is 0. The summed E-state index contributed by atoms with van der Waals surface area (Å²) in [5, 5.41) is 3.28. The molecule has 0 radical (unpaired) electrons. The van der Waals surface area contributed by atoms with Crippen LogP contribution in [0.1, 0.15) is 19.8 Å². The first-order valence-corrected chi connectivity index (χ1v) is 11.8. The number of hydrogen-bond donors (Lipinski definition) is 1. The Morgan fingerprint density at radius 2 is 1.67 bits per heavy atom. The normalized spacial score (nSPS) is 15.4. The molecule has 1 aliphatic rings. The molecule has 164 valence electrons. The van der Waals surface area contributed by atoms with Crippen LogP contribution < -0.4 is 10.1 Å². The maximum atomic E-state index is 12.4. The molecule has 1 aliphatic heterocycles. The molecule has 0 saturated carbocycles. The van der Waals surface area contributed by atoms with Crippen molar-refractivity contribution in [3.05, 3.63) is 60.7 Å². The van der Waals surface area contributed by atoms with E-state index in [0.29, 0.717) is 4.90 Å². The molecule has 2 aromatic carbocycles. The molecule has 1 heterocycles. The van der Waals surface area contributed by atoms with Crippen molar-refractivity contribution in [2.45, 2.75) is 30.8 Å². The van der Waals surface area contributed by atoms with Gasteiger partial charge in [-0.2, -0.15) is 0 Å². The molecule has 30 heavy (non-hydrogen) atoms. The molecule has 0 atom stereocenters. The van der Waals surface area contributed by atoms with Gasteiger partial charge in [-0.3, -0.25) is 4.99 Å². The molecule has 0 bridgehead atoms. The molecule has 0 amide bonds. The van der Waals surface area contributed by atoms with Gasteiger partial charge in [0.05, 0.1) is 17.2 Å². The summed E-state index contributed by atoms with van der Waals surface area (Å²) in [6.07, 6.45) is 2.00. The topological polar surface area (TPSA) is 71.0 Å². The zero-order valence-corrected chi connectivity index (χ0v) is 20.4. The first-order chi connectivity index (χ1) is 14.1. The average Bonchev–Trinajstić information content (AvgIpc) is 2.75. The van der Waals surface area contributed by atoms with Crippen LogP contribution in [-0.2, 0) is 9.84 Å². The van der Waals surface area contributed by atoms with Crippen molar-refractivity contribution in [3.8, 4) is 5.75 Å². The second kappa shape index (κ2) is 12.1. The van der Waals surface area contributed by atoms with E-state index < -0.39 is 9.84 Å². The molecule has 0 unspecified atom stereocenters. The molecule has 0 spiro atoms. The summed E-state index contributed by atoms with van der Waals surface area (Å²) in [6, 6.07) is 18.4. The number of ether oxygens (including phenoxy) is 1. The smallest absolute Gasteiger partial charge is 0.193 e. The van der Waals surface area contributed by atoms with E-state index in [1.807, 2.05) is 43.3 Å². The minimum Gasteiger partial charge on any atom is -0.490 e. The SMILES string of the molecule is CCNC(=NCCS(=O)(=O)c1ccccc1)N1CCC(Oc2ccccc2)CC1.I. The molecule has 0 aliphatic carbocycles. The van der Waals surface area contributed by atoms with E-state index in [1.165, 1.54) is 0 Å². The highest BCUT2D eigenvalue weighted by molar-refractivity contribution is 14.0. The Morgan fingerprint density at radius 3 is 2.27 bits per heavy atom. The molecule has 6 nitrogen and oxygen atoms in total. The van der Waals surface area contributed by atoms with Crippen molar-refractivity contribution in [1.29, 1.82) is 0 Å². The van der Waals surface area contributed by atoms with Crippen LogP contribution in [0.15, 0.2) is 70.6 Å². The lowest BCUT2D eigenvalue weighted by atomic mass is 10.1. The van der Waals surface area contributed by atoms with E-state index in [-0.39, 0.29) is 42.4 Å². The van der Waals surface area contributed by atoms with Crippen LogP contribution in [0.4, 0.5) is 0 Å². The highest BCUT2D eigenvalue weighted by Gasteiger charge is 2.23. The van der Waals surface area contributed by atoms with Crippen LogP contribution in [0.25, 0.3) is 0 Å². The molecule has 1 fully saturated rings. The van der Waals surface area contributed by atoms with Crippen LogP contribution in [0.3, 0.4) is 0 Å². The van der Waals surface area contributed by atoms with Gasteiger partial charge in [-0.05, 0) is 31.2 Å². The number of piperidine rings is 1. The Morgan fingerprint density at radius 1 is 1.07 bits per heavy atom. The predicted octanol–water partition coefficient (Wildman–Crippen LogP) is 3.59. The van der Waals surface area contributed by atoms with E-state index >= 15 is 0 Å². The third-order valence-electron chi connectivity index (χ3n) is 4.85. The molecular formula is C22H30IN3O3S. The molecule has 1 saturated heterocycles. The van der Waals surface area contributed by atoms with Gasteiger partial charge in [0.2, 0.25) is 0 Å². The van der Waals surface area contributed by atoms with Crippen molar-refractivity contribution in [2.24, 2.45) is 4.99 Å². The second-order valence-corrected chi connectivity index (χ2v) is 9.09. The Balaban J connectivity index is 0.00000320. The number of sulfone groups is 1. The summed E-state index contributed by atoms with van der Waals surface area (Å²) in [4.78, 5) is 7.10. The fourth-order valence-corrected chi connectivity index (χ4v) is 4.46. The lowest BCUT2D eigenvalue weighted by Crippen LogP contribution is -2.47. The van der Waals surface area contributed by atoms with Gasteiger partial charge >= 0.3 is 0 Å². The van der Waals surface area contributed by atoms with Gasteiger partial charge in [0.1, 0.15) is 11.9 Å². The Labute approximate surface area is 196 Å². The van der Waals surface area contributed by atoms with Crippen LogP contribution >= 0.6 is 24.0 Å². The number of halogens is 1. The number of rotatable bonds is 7. The van der Waals surface area contributed by atoms with E-state index in [2.05, 4.69) is 15.2 Å². The van der Waals surface area contributed by atoms with Crippen molar-refractivity contribution >= 4 is 39.8 Å². The number of benzene rings is 2. The number of nitrogens with zero attached hydrogens (tertiary/aromatic N) is 2. The van der Waals surface area contributed by atoms with E-state index in [0.717, 1.165) is 44.2 Å². The van der Waals surface area contributed by atoms with Crippen LogP contribution in [-0.4, -0.2) is 57.3 Å². The largest absolute Gasteiger partial charge is 0.490 e. The van der Waals surface area contributed by atoms with Crippen molar-refractivity contribution in [3.63, 3.8) is 0 Å². The Kier molecular flexibility index (Phi) is 9.90. The number of likely N-dealkylation sites (tertiary alicyclic amines) is 1. The molecule has 0 aromatic heterocycles. The highest BCUT2D eigenvalue weighted by atomic mass is 127.